The standard InChI is InChI=1S/C19H13Cl2FN2O2S2/c20-12-5-3-7-14(17(12)21)23-16(25)8-9-24-18(26)15(28-19(24)27)10-11-4-1-2-6-13(11)22/h1-7,10H,8-9H2,(H,23,25). The minimum atomic E-state index is -0.425. The normalized spacial score (nSPS) is 15.4. The highest BCUT2D eigenvalue weighted by Crippen LogP contribution is 2.33. The molecule has 2 aromatic carbocycles. The van der Waals surface area contributed by atoms with E-state index in [1.807, 2.05) is 0 Å². The zero-order valence-electron chi connectivity index (χ0n) is 14.2. The molecular formula is C19H13Cl2FN2O2S2. The van der Waals surface area contributed by atoms with Gasteiger partial charge in [-0.3, -0.25) is 14.5 Å². The van der Waals surface area contributed by atoms with Crippen molar-refractivity contribution in [1.29, 1.82) is 0 Å². The van der Waals surface area contributed by atoms with Crippen LogP contribution in [0.1, 0.15) is 12.0 Å². The van der Waals surface area contributed by atoms with Crippen molar-refractivity contribution in [3.63, 3.8) is 0 Å². The maximum Gasteiger partial charge on any atom is 0.266 e. The van der Waals surface area contributed by atoms with Crippen molar-refractivity contribution in [3.8, 4) is 0 Å². The highest BCUT2D eigenvalue weighted by atomic mass is 35.5. The Kier molecular flexibility index (Phi) is 6.72. The van der Waals surface area contributed by atoms with Gasteiger partial charge in [-0.15, -0.1) is 0 Å². The molecule has 0 atom stereocenters. The van der Waals surface area contributed by atoms with Crippen molar-refractivity contribution in [2.45, 2.75) is 6.42 Å². The molecule has 0 aromatic heterocycles. The van der Waals surface area contributed by atoms with Crippen LogP contribution >= 0.6 is 47.2 Å². The van der Waals surface area contributed by atoms with Crippen molar-refractivity contribution in [2.75, 3.05) is 11.9 Å². The molecule has 2 amide bonds. The molecule has 1 fully saturated rings. The third kappa shape index (κ3) is 4.72. The van der Waals surface area contributed by atoms with Gasteiger partial charge in [-0.1, -0.05) is 71.4 Å². The average Bonchev–Trinajstić information content (AvgIpc) is 2.92. The highest BCUT2D eigenvalue weighted by Gasteiger charge is 2.32. The first-order valence-corrected chi connectivity index (χ1v) is 10.1. The van der Waals surface area contributed by atoms with Gasteiger partial charge in [0.05, 0.1) is 20.6 Å². The summed E-state index contributed by atoms with van der Waals surface area (Å²) < 4.78 is 14.1. The molecule has 0 aliphatic carbocycles. The maximum atomic E-state index is 13.8. The van der Waals surface area contributed by atoms with Gasteiger partial charge in [0.2, 0.25) is 5.91 Å². The summed E-state index contributed by atoms with van der Waals surface area (Å²) >= 11 is 18.3. The molecule has 0 unspecified atom stereocenters. The van der Waals surface area contributed by atoms with Crippen molar-refractivity contribution in [2.24, 2.45) is 0 Å². The van der Waals surface area contributed by atoms with E-state index in [1.54, 1.807) is 36.4 Å². The molecule has 1 aliphatic heterocycles. The van der Waals surface area contributed by atoms with E-state index in [1.165, 1.54) is 17.0 Å². The van der Waals surface area contributed by atoms with Crippen LogP contribution in [0.4, 0.5) is 10.1 Å². The lowest BCUT2D eigenvalue weighted by Crippen LogP contribution is -2.31. The second kappa shape index (κ2) is 9.05. The zero-order chi connectivity index (χ0) is 20.3. The number of halogens is 3. The molecule has 4 nitrogen and oxygen atoms in total. The number of carbonyl (C=O) groups excluding carboxylic acids is 2. The Morgan fingerprint density at radius 2 is 1.96 bits per heavy atom. The Balaban J connectivity index is 1.64. The summed E-state index contributed by atoms with van der Waals surface area (Å²) in [5, 5.41) is 3.23. The maximum absolute atomic E-state index is 13.8. The van der Waals surface area contributed by atoms with E-state index in [0.29, 0.717) is 25.5 Å². The number of carbonyl (C=O) groups is 2. The van der Waals surface area contributed by atoms with Gasteiger partial charge >= 0.3 is 0 Å². The van der Waals surface area contributed by atoms with Gasteiger partial charge < -0.3 is 5.32 Å². The van der Waals surface area contributed by atoms with Crippen LogP contribution in [-0.4, -0.2) is 27.6 Å². The summed E-state index contributed by atoms with van der Waals surface area (Å²) in [5.41, 5.74) is 0.695. The predicted molar refractivity (Wildman–Crippen MR) is 116 cm³/mol. The fourth-order valence-corrected chi connectivity index (χ4v) is 4.10. The largest absolute Gasteiger partial charge is 0.325 e. The van der Waals surface area contributed by atoms with Crippen molar-refractivity contribution in [1.82, 2.24) is 4.90 Å². The molecule has 9 heteroatoms. The van der Waals surface area contributed by atoms with E-state index in [9.17, 15) is 14.0 Å². The first-order valence-electron chi connectivity index (χ1n) is 8.10. The SMILES string of the molecule is O=C(CCN1C(=O)C(=Cc2ccccc2F)SC1=S)Nc1cccc(Cl)c1Cl. The molecule has 2 aromatic rings. The number of hydrogen-bond donors (Lipinski definition) is 1. The summed E-state index contributed by atoms with van der Waals surface area (Å²) in [6, 6.07) is 11.1. The van der Waals surface area contributed by atoms with Gasteiger partial charge in [-0.05, 0) is 24.3 Å². The summed E-state index contributed by atoms with van der Waals surface area (Å²) in [4.78, 5) is 26.4. The molecule has 1 saturated heterocycles. The summed E-state index contributed by atoms with van der Waals surface area (Å²) in [5.74, 6) is -1.12. The molecule has 0 saturated carbocycles. The summed E-state index contributed by atoms with van der Waals surface area (Å²) in [6.07, 6.45) is 1.47. The van der Waals surface area contributed by atoms with Gasteiger partial charge in [0.25, 0.3) is 5.91 Å². The third-order valence-corrected chi connectivity index (χ3v) is 6.05. The van der Waals surface area contributed by atoms with Gasteiger partial charge in [0.15, 0.2) is 0 Å². The molecule has 0 bridgehead atoms. The van der Waals surface area contributed by atoms with Crippen LogP contribution in [-0.2, 0) is 9.59 Å². The molecule has 1 heterocycles. The quantitative estimate of drug-likeness (QED) is 0.487. The monoisotopic (exact) mass is 454 g/mol. The minimum absolute atomic E-state index is 0.0161. The molecular weight excluding hydrogens is 442 g/mol. The molecule has 1 aliphatic rings. The van der Waals surface area contributed by atoms with E-state index < -0.39 is 5.82 Å². The Hall–Kier alpha value is -1.93. The van der Waals surface area contributed by atoms with Crippen LogP contribution < -0.4 is 5.32 Å². The van der Waals surface area contributed by atoms with E-state index in [2.05, 4.69) is 5.32 Å². The second-order valence-corrected chi connectivity index (χ2v) is 8.22. The topological polar surface area (TPSA) is 49.4 Å². The van der Waals surface area contributed by atoms with Gasteiger partial charge in [-0.25, -0.2) is 4.39 Å². The number of rotatable bonds is 5. The van der Waals surface area contributed by atoms with Crippen LogP contribution in [0, 0.1) is 5.82 Å². The van der Waals surface area contributed by atoms with Crippen LogP contribution in [0.5, 0.6) is 0 Å². The van der Waals surface area contributed by atoms with E-state index in [-0.39, 0.29) is 29.8 Å². The number of anilines is 1. The number of hydrogen-bond acceptors (Lipinski definition) is 4. The predicted octanol–water partition coefficient (Wildman–Crippen LogP) is 5.36. The highest BCUT2D eigenvalue weighted by molar-refractivity contribution is 8.26. The average molecular weight is 455 g/mol. The Bertz CT molecular complexity index is 998. The minimum Gasteiger partial charge on any atom is -0.325 e. The van der Waals surface area contributed by atoms with E-state index >= 15 is 0 Å². The van der Waals surface area contributed by atoms with Crippen molar-refractivity contribution in [3.05, 3.63) is 68.8 Å². The lowest BCUT2D eigenvalue weighted by atomic mass is 10.2. The smallest absolute Gasteiger partial charge is 0.266 e. The molecule has 1 N–H and O–H groups in total. The Labute approximate surface area is 180 Å². The van der Waals surface area contributed by atoms with Gasteiger partial charge in [0, 0.05) is 18.5 Å². The van der Waals surface area contributed by atoms with E-state index in [4.69, 9.17) is 35.4 Å². The lowest BCUT2D eigenvalue weighted by molar-refractivity contribution is -0.122. The molecule has 28 heavy (non-hydrogen) atoms. The van der Waals surface area contributed by atoms with Crippen LogP contribution in [0.2, 0.25) is 10.0 Å². The zero-order valence-corrected chi connectivity index (χ0v) is 17.4. The first kappa shape index (κ1) is 20.8. The van der Waals surface area contributed by atoms with Crippen LogP contribution in [0.25, 0.3) is 6.08 Å². The Morgan fingerprint density at radius 3 is 2.71 bits per heavy atom. The summed E-state index contributed by atoms with van der Waals surface area (Å²) in [7, 11) is 0. The van der Waals surface area contributed by atoms with Crippen molar-refractivity contribution >= 4 is 75.1 Å². The van der Waals surface area contributed by atoms with Crippen LogP contribution in [0.15, 0.2) is 47.4 Å². The summed E-state index contributed by atoms with van der Waals surface area (Å²) in [6.45, 7) is 0.100. The number of nitrogens with zero attached hydrogens (tertiary/aromatic N) is 1. The fraction of sp³-hybridized carbons (Fsp3) is 0.105. The van der Waals surface area contributed by atoms with Gasteiger partial charge in [-0.2, -0.15) is 0 Å². The molecule has 144 valence electrons. The lowest BCUT2D eigenvalue weighted by Gasteiger charge is -2.14. The number of nitrogens with one attached hydrogen (secondary N) is 1. The second-order valence-electron chi connectivity index (χ2n) is 5.75. The number of thiocarbonyl (C=S) groups is 1. The van der Waals surface area contributed by atoms with Gasteiger partial charge in [0.1, 0.15) is 10.1 Å². The number of thioether (sulfide) groups is 1. The molecule has 0 spiro atoms. The van der Waals surface area contributed by atoms with E-state index in [0.717, 1.165) is 11.8 Å². The Morgan fingerprint density at radius 1 is 1.21 bits per heavy atom. The molecule has 0 radical (unpaired) electrons. The number of amides is 2. The molecule has 3 rings (SSSR count). The fourth-order valence-electron chi connectivity index (χ4n) is 2.45. The third-order valence-electron chi connectivity index (χ3n) is 3.85. The first-order chi connectivity index (χ1) is 13.4. The van der Waals surface area contributed by atoms with Crippen LogP contribution in [0.3, 0.4) is 0 Å². The number of benzene rings is 2. The van der Waals surface area contributed by atoms with Crippen molar-refractivity contribution < 1.29 is 14.0 Å².